The molecule has 1 aromatic rings. The van der Waals surface area contributed by atoms with Crippen LogP contribution in [0.25, 0.3) is 0 Å². The number of ether oxygens (including phenoxy) is 1. The summed E-state index contributed by atoms with van der Waals surface area (Å²) in [5.74, 6) is 2.14. The van der Waals surface area contributed by atoms with Crippen LogP contribution in [-0.2, 0) is 4.74 Å². The van der Waals surface area contributed by atoms with Crippen molar-refractivity contribution < 1.29 is 9.84 Å². The van der Waals surface area contributed by atoms with Gasteiger partial charge in [-0.25, -0.2) is 9.97 Å². The second-order valence-corrected chi connectivity index (χ2v) is 5.77. The highest BCUT2D eigenvalue weighted by Crippen LogP contribution is 2.28. The highest BCUT2D eigenvalue weighted by atomic mass is 16.5. The quantitative estimate of drug-likeness (QED) is 0.773. The Morgan fingerprint density at radius 3 is 2.55 bits per heavy atom. The molecule has 0 bridgehead atoms. The van der Waals surface area contributed by atoms with Crippen LogP contribution in [0.15, 0.2) is 0 Å². The summed E-state index contributed by atoms with van der Waals surface area (Å²) in [6.45, 7) is 7.30. The van der Waals surface area contributed by atoms with Gasteiger partial charge in [-0.3, -0.25) is 0 Å². The fraction of sp³-hybridized carbons (Fsp3) is 0.714. The van der Waals surface area contributed by atoms with Gasteiger partial charge in [0.05, 0.1) is 12.1 Å². The average molecular weight is 280 g/mol. The zero-order valence-corrected chi connectivity index (χ0v) is 12.4. The first-order chi connectivity index (χ1) is 9.47. The van der Waals surface area contributed by atoms with Gasteiger partial charge < -0.3 is 20.9 Å². The van der Waals surface area contributed by atoms with Gasteiger partial charge in [0.2, 0.25) is 0 Å². The van der Waals surface area contributed by atoms with Crippen molar-refractivity contribution >= 4 is 11.6 Å². The molecule has 6 nitrogen and oxygen atoms in total. The van der Waals surface area contributed by atoms with Crippen LogP contribution in [-0.4, -0.2) is 40.4 Å². The monoisotopic (exact) mass is 280 g/mol. The zero-order chi connectivity index (χ0) is 14.8. The molecule has 1 aliphatic rings. The topological polar surface area (TPSA) is 93.3 Å². The van der Waals surface area contributed by atoms with Gasteiger partial charge in [0.25, 0.3) is 0 Å². The first-order valence-corrected chi connectivity index (χ1v) is 7.08. The molecule has 1 aromatic heterocycles. The van der Waals surface area contributed by atoms with Crippen LogP contribution >= 0.6 is 0 Å². The Morgan fingerprint density at radius 2 is 2.00 bits per heavy atom. The maximum Gasteiger partial charge on any atom is 0.135 e. The van der Waals surface area contributed by atoms with Crippen molar-refractivity contribution in [2.45, 2.75) is 45.1 Å². The van der Waals surface area contributed by atoms with E-state index in [4.69, 9.17) is 10.5 Å². The number of nitrogens with one attached hydrogen (secondary N) is 1. The van der Waals surface area contributed by atoms with Gasteiger partial charge in [0, 0.05) is 24.7 Å². The highest BCUT2D eigenvalue weighted by Gasteiger charge is 2.33. The zero-order valence-electron chi connectivity index (χ0n) is 12.4. The number of nitrogens with zero attached hydrogens (tertiary/aromatic N) is 2. The molecule has 1 saturated heterocycles. The van der Waals surface area contributed by atoms with Crippen LogP contribution in [0.3, 0.4) is 0 Å². The minimum atomic E-state index is -0.377. The van der Waals surface area contributed by atoms with Crippen LogP contribution in [0.4, 0.5) is 11.6 Å². The lowest BCUT2D eigenvalue weighted by Crippen LogP contribution is -2.47. The van der Waals surface area contributed by atoms with Crippen molar-refractivity contribution in [1.29, 1.82) is 0 Å². The summed E-state index contributed by atoms with van der Waals surface area (Å²) < 4.78 is 5.37. The van der Waals surface area contributed by atoms with E-state index < -0.39 is 0 Å². The fourth-order valence-corrected chi connectivity index (χ4v) is 2.27. The lowest BCUT2D eigenvalue weighted by atomic mass is 9.91. The fourth-order valence-electron chi connectivity index (χ4n) is 2.27. The number of nitrogens with two attached hydrogens (primary N) is 1. The van der Waals surface area contributed by atoms with Gasteiger partial charge >= 0.3 is 0 Å². The molecule has 0 amide bonds. The molecule has 6 heteroatoms. The molecule has 0 radical (unpaired) electrons. The minimum absolute atomic E-state index is 0.0523. The molecule has 0 spiro atoms. The van der Waals surface area contributed by atoms with E-state index in [9.17, 15) is 5.11 Å². The van der Waals surface area contributed by atoms with Crippen molar-refractivity contribution in [3.05, 3.63) is 11.4 Å². The average Bonchev–Trinajstić information content (AvgIpc) is 2.44. The largest absolute Gasteiger partial charge is 0.394 e. The van der Waals surface area contributed by atoms with Crippen molar-refractivity contribution in [2.24, 2.45) is 0 Å². The van der Waals surface area contributed by atoms with E-state index in [-0.39, 0.29) is 18.1 Å². The molecule has 2 rings (SSSR count). The van der Waals surface area contributed by atoms with E-state index in [0.717, 1.165) is 30.0 Å². The molecule has 2 heterocycles. The summed E-state index contributed by atoms with van der Waals surface area (Å²) in [6, 6.07) is 0. The number of aliphatic hydroxyl groups is 1. The Labute approximate surface area is 119 Å². The number of aromatic nitrogens is 2. The molecule has 0 aliphatic carbocycles. The van der Waals surface area contributed by atoms with Crippen LogP contribution in [0.2, 0.25) is 0 Å². The normalized spacial score (nSPS) is 18.2. The molecule has 1 fully saturated rings. The van der Waals surface area contributed by atoms with Gasteiger partial charge in [0.15, 0.2) is 0 Å². The summed E-state index contributed by atoms with van der Waals surface area (Å²) in [5, 5.41) is 13.1. The molecular weight excluding hydrogens is 256 g/mol. The molecule has 0 unspecified atom stereocenters. The third-order valence-electron chi connectivity index (χ3n) is 3.85. The van der Waals surface area contributed by atoms with Crippen LogP contribution in [0, 0.1) is 6.92 Å². The minimum Gasteiger partial charge on any atom is -0.394 e. The lowest BCUT2D eigenvalue weighted by molar-refractivity contribution is 0.0378. The van der Waals surface area contributed by atoms with Crippen molar-refractivity contribution in [1.82, 2.24) is 9.97 Å². The summed E-state index contributed by atoms with van der Waals surface area (Å²) in [4.78, 5) is 8.88. The van der Waals surface area contributed by atoms with Crippen LogP contribution in [0.1, 0.15) is 44.0 Å². The number of rotatable bonds is 4. The van der Waals surface area contributed by atoms with E-state index in [1.807, 2.05) is 20.8 Å². The smallest absolute Gasteiger partial charge is 0.135 e. The number of aliphatic hydroxyl groups excluding tert-OH is 1. The van der Waals surface area contributed by atoms with Gasteiger partial charge in [-0.05, 0) is 19.8 Å². The third kappa shape index (κ3) is 3.02. The predicted molar refractivity (Wildman–Crippen MR) is 78.8 cm³/mol. The molecule has 20 heavy (non-hydrogen) atoms. The molecule has 0 saturated carbocycles. The van der Waals surface area contributed by atoms with E-state index in [1.54, 1.807) is 0 Å². The van der Waals surface area contributed by atoms with Gasteiger partial charge in [-0.2, -0.15) is 0 Å². The van der Waals surface area contributed by atoms with Crippen molar-refractivity contribution in [3.8, 4) is 0 Å². The summed E-state index contributed by atoms with van der Waals surface area (Å²) in [5.41, 5.74) is 6.42. The van der Waals surface area contributed by atoms with E-state index in [1.165, 1.54) is 0 Å². The predicted octanol–water partition coefficient (Wildman–Crippen LogP) is 1.44. The number of nitrogen functional groups attached to an aromatic ring is 1. The van der Waals surface area contributed by atoms with E-state index in [0.29, 0.717) is 19.0 Å². The first kappa shape index (κ1) is 15.0. The molecule has 0 aromatic carbocycles. The van der Waals surface area contributed by atoms with Gasteiger partial charge in [-0.15, -0.1) is 0 Å². The maximum atomic E-state index is 9.75. The summed E-state index contributed by atoms with van der Waals surface area (Å²) >= 11 is 0. The molecule has 4 N–H and O–H groups in total. The van der Waals surface area contributed by atoms with Gasteiger partial charge in [-0.1, -0.05) is 13.8 Å². The SMILES string of the molecule is Cc1c(N)nc(C(C)C)nc1NC1(CO)CCOCC1. The summed E-state index contributed by atoms with van der Waals surface area (Å²) in [7, 11) is 0. The van der Waals surface area contributed by atoms with E-state index >= 15 is 0 Å². The molecule has 0 atom stereocenters. The second kappa shape index (κ2) is 5.93. The Morgan fingerprint density at radius 1 is 1.35 bits per heavy atom. The van der Waals surface area contributed by atoms with E-state index in [2.05, 4.69) is 15.3 Å². The van der Waals surface area contributed by atoms with Gasteiger partial charge in [0.1, 0.15) is 17.5 Å². The van der Waals surface area contributed by atoms with Crippen molar-refractivity contribution in [3.63, 3.8) is 0 Å². The summed E-state index contributed by atoms with van der Waals surface area (Å²) in [6.07, 6.45) is 1.51. The lowest BCUT2D eigenvalue weighted by Gasteiger charge is -2.37. The first-order valence-electron chi connectivity index (χ1n) is 7.08. The number of hydrogen-bond donors (Lipinski definition) is 3. The standard InChI is InChI=1S/C14H24N4O2/c1-9(2)12-16-11(15)10(3)13(17-12)18-14(8-19)4-6-20-7-5-14/h9,19H,4-8H2,1-3H3,(H3,15,16,17,18). The van der Waals surface area contributed by atoms with Crippen LogP contribution < -0.4 is 11.1 Å². The van der Waals surface area contributed by atoms with Crippen LogP contribution in [0.5, 0.6) is 0 Å². The Balaban J connectivity index is 2.31. The maximum absolute atomic E-state index is 9.75. The molecular formula is C14H24N4O2. The number of hydrogen-bond acceptors (Lipinski definition) is 6. The Kier molecular flexibility index (Phi) is 4.45. The third-order valence-corrected chi connectivity index (χ3v) is 3.85. The molecule has 112 valence electrons. The molecule has 1 aliphatic heterocycles. The Hall–Kier alpha value is -1.40. The highest BCUT2D eigenvalue weighted by molar-refractivity contribution is 5.56. The Bertz CT molecular complexity index is 470. The second-order valence-electron chi connectivity index (χ2n) is 5.77. The van der Waals surface area contributed by atoms with Crippen molar-refractivity contribution in [2.75, 3.05) is 30.9 Å². The number of anilines is 2.